The van der Waals surface area contributed by atoms with Crippen LogP contribution in [0.25, 0.3) is 0 Å². The third-order valence-electron chi connectivity index (χ3n) is 3.41. The fourth-order valence-corrected chi connectivity index (χ4v) is 2.34. The van der Waals surface area contributed by atoms with Crippen molar-refractivity contribution in [3.8, 4) is 5.75 Å². The van der Waals surface area contributed by atoms with Crippen LogP contribution in [-0.4, -0.2) is 17.1 Å². The molecule has 2 aromatic rings. The summed E-state index contributed by atoms with van der Waals surface area (Å²) in [6.45, 7) is 0. The molecule has 0 radical (unpaired) electrons. The minimum absolute atomic E-state index is 0.672. The molecule has 4 heteroatoms. The highest BCUT2D eigenvalue weighted by Crippen LogP contribution is 2.22. The summed E-state index contributed by atoms with van der Waals surface area (Å²) >= 11 is 0. The lowest BCUT2D eigenvalue weighted by Gasteiger charge is -2.15. The lowest BCUT2D eigenvalue weighted by Crippen LogP contribution is -2.08. The van der Waals surface area contributed by atoms with Crippen LogP contribution in [0.4, 0.5) is 11.6 Å². The molecule has 0 amide bonds. The molecule has 0 fully saturated rings. The largest absolute Gasteiger partial charge is 0.497 e. The number of aryl methyl sites for hydroxylation is 2. The van der Waals surface area contributed by atoms with Gasteiger partial charge in [0, 0.05) is 17.6 Å². The van der Waals surface area contributed by atoms with Crippen LogP contribution in [0.2, 0.25) is 0 Å². The minimum Gasteiger partial charge on any atom is -0.497 e. The monoisotopic (exact) mass is 255 g/mol. The van der Waals surface area contributed by atoms with E-state index in [0.29, 0.717) is 5.95 Å². The van der Waals surface area contributed by atoms with Crippen LogP contribution in [0.1, 0.15) is 24.1 Å². The van der Waals surface area contributed by atoms with Crippen molar-refractivity contribution in [2.45, 2.75) is 25.7 Å². The van der Waals surface area contributed by atoms with Crippen LogP contribution < -0.4 is 10.1 Å². The van der Waals surface area contributed by atoms with Gasteiger partial charge in [-0.3, -0.25) is 0 Å². The molecule has 4 nitrogen and oxygen atoms in total. The Morgan fingerprint density at radius 2 is 1.89 bits per heavy atom. The van der Waals surface area contributed by atoms with Crippen molar-refractivity contribution in [2.75, 3.05) is 12.4 Å². The number of methoxy groups -OCH3 is 1. The summed E-state index contributed by atoms with van der Waals surface area (Å²) in [6, 6.07) is 7.75. The standard InChI is InChI=1S/C15H17N3O/c1-19-13-8-6-12(7-9-13)17-15-16-10-11-4-2-3-5-14(11)18-15/h6-10H,2-5H2,1H3,(H,16,17,18). The summed E-state index contributed by atoms with van der Waals surface area (Å²) in [6.07, 6.45) is 6.61. The molecule has 0 aliphatic heterocycles. The molecule has 1 aliphatic rings. The van der Waals surface area contributed by atoms with Crippen molar-refractivity contribution in [2.24, 2.45) is 0 Å². The van der Waals surface area contributed by atoms with Gasteiger partial charge < -0.3 is 10.1 Å². The van der Waals surface area contributed by atoms with E-state index < -0.39 is 0 Å². The number of nitrogens with zero attached hydrogens (tertiary/aromatic N) is 2. The Hall–Kier alpha value is -2.10. The highest BCUT2D eigenvalue weighted by molar-refractivity contribution is 5.54. The molecule has 0 spiro atoms. The van der Waals surface area contributed by atoms with Gasteiger partial charge in [0.2, 0.25) is 5.95 Å². The first-order valence-electron chi connectivity index (χ1n) is 6.61. The highest BCUT2D eigenvalue weighted by Gasteiger charge is 2.11. The topological polar surface area (TPSA) is 47.0 Å². The molecule has 0 bridgehead atoms. The van der Waals surface area contributed by atoms with E-state index in [1.807, 2.05) is 30.5 Å². The van der Waals surface area contributed by atoms with Gasteiger partial charge in [0.05, 0.1) is 7.11 Å². The van der Waals surface area contributed by atoms with E-state index in [0.717, 1.165) is 24.3 Å². The number of aromatic nitrogens is 2. The molecule has 3 rings (SSSR count). The van der Waals surface area contributed by atoms with Gasteiger partial charge >= 0.3 is 0 Å². The summed E-state index contributed by atoms with van der Waals surface area (Å²) < 4.78 is 5.13. The molecular formula is C15H17N3O. The van der Waals surface area contributed by atoms with E-state index in [4.69, 9.17) is 4.74 Å². The highest BCUT2D eigenvalue weighted by atomic mass is 16.5. The number of hydrogen-bond acceptors (Lipinski definition) is 4. The number of benzene rings is 1. The van der Waals surface area contributed by atoms with Crippen LogP contribution >= 0.6 is 0 Å². The van der Waals surface area contributed by atoms with E-state index in [1.165, 1.54) is 24.1 Å². The van der Waals surface area contributed by atoms with Gasteiger partial charge in [0.1, 0.15) is 5.75 Å². The lowest BCUT2D eigenvalue weighted by molar-refractivity contribution is 0.415. The first-order valence-corrected chi connectivity index (χ1v) is 6.61. The molecule has 1 aliphatic carbocycles. The second kappa shape index (κ2) is 5.26. The van der Waals surface area contributed by atoms with E-state index in [9.17, 15) is 0 Å². The van der Waals surface area contributed by atoms with E-state index in [-0.39, 0.29) is 0 Å². The zero-order chi connectivity index (χ0) is 13.1. The minimum atomic E-state index is 0.672. The molecule has 1 heterocycles. The summed E-state index contributed by atoms with van der Waals surface area (Å²) in [7, 11) is 1.66. The Kier molecular flexibility index (Phi) is 3.31. The van der Waals surface area contributed by atoms with Crippen LogP contribution in [0.3, 0.4) is 0 Å². The summed E-state index contributed by atoms with van der Waals surface area (Å²) in [4.78, 5) is 8.97. The van der Waals surface area contributed by atoms with Crippen LogP contribution in [-0.2, 0) is 12.8 Å². The first-order chi connectivity index (χ1) is 9.35. The molecule has 0 unspecified atom stereocenters. The molecule has 1 N–H and O–H groups in total. The van der Waals surface area contributed by atoms with Gasteiger partial charge in [-0.05, 0) is 55.5 Å². The van der Waals surface area contributed by atoms with E-state index >= 15 is 0 Å². The maximum atomic E-state index is 5.13. The number of fused-ring (bicyclic) bond motifs is 1. The summed E-state index contributed by atoms with van der Waals surface area (Å²) in [5.74, 6) is 1.52. The van der Waals surface area contributed by atoms with Crippen LogP contribution in [0.15, 0.2) is 30.5 Å². The fraction of sp³-hybridized carbons (Fsp3) is 0.333. The third kappa shape index (κ3) is 2.67. The predicted molar refractivity (Wildman–Crippen MR) is 75.0 cm³/mol. The zero-order valence-corrected chi connectivity index (χ0v) is 11.0. The summed E-state index contributed by atoms with van der Waals surface area (Å²) in [5.41, 5.74) is 3.46. The molecule has 0 saturated carbocycles. The Morgan fingerprint density at radius 3 is 2.68 bits per heavy atom. The molecule has 0 atom stereocenters. The fourth-order valence-electron chi connectivity index (χ4n) is 2.34. The van der Waals surface area contributed by atoms with Crippen LogP contribution in [0, 0.1) is 0 Å². The first kappa shape index (κ1) is 12.0. The van der Waals surface area contributed by atoms with Crippen molar-refractivity contribution >= 4 is 11.6 Å². The average molecular weight is 255 g/mol. The molecular weight excluding hydrogens is 238 g/mol. The molecule has 0 saturated heterocycles. The number of hydrogen-bond donors (Lipinski definition) is 1. The second-order valence-corrected chi connectivity index (χ2v) is 4.73. The zero-order valence-electron chi connectivity index (χ0n) is 11.0. The second-order valence-electron chi connectivity index (χ2n) is 4.73. The Balaban J connectivity index is 1.78. The quantitative estimate of drug-likeness (QED) is 0.915. The Bertz CT molecular complexity index is 566. The van der Waals surface area contributed by atoms with Gasteiger partial charge in [-0.15, -0.1) is 0 Å². The van der Waals surface area contributed by atoms with Gasteiger partial charge in [-0.1, -0.05) is 0 Å². The Labute approximate surface area is 112 Å². The van der Waals surface area contributed by atoms with E-state index in [1.54, 1.807) is 7.11 Å². The maximum Gasteiger partial charge on any atom is 0.227 e. The molecule has 19 heavy (non-hydrogen) atoms. The van der Waals surface area contributed by atoms with Gasteiger partial charge in [0.25, 0.3) is 0 Å². The van der Waals surface area contributed by atoms with Crippen molar-refractivity contribution in [1.82, 2.24) is 9.97 Å². The third-order valence-corrected chi connectivity index (χ3v) is 3.41. The van der Waals surface area contributed by atoms with Crippen molar-refractivity contribution in [1.29, 1.82) is 0 Å². The van der Waals surface area contributed by atoms with Gasteiger partial charge in [-0.2, -0.15) is 0 Å². The van der Waals surface area contributed by atoms with Gasteiger partial charge in [0.15, 0.2) is 0 Å². The SMILES string of the molecule is COc1ccc(Nc2ncc3c(n2)CCCC3)cc1. The lowest BCUT2D eigenvalue weighted by atomic mass is 9.98. The van der Waals surface area contributed by atoms with Crippen molar-refractivity contribution in [3.63, 3.8) is 0 Å². The maximum absolute atomic E-state index is 5.13. The number of anilines is 2. The summed E-state index contributed by atoms with van der Waals surface area (Å²) in [5, 5.41) is 3.23. The number of rotatable bonds is 3. The average Bonchev–Trinajstić information content (AvgIpc) is 2.48. The van der Waals surface area contributed by atoms with E-state index in [2.05, 4.69) is 15.3 Å². The molecule has 98 valence electrons. The molecule has 1 aromatic carbocycles. The smallest absolute Gasteiger partial charge is 0.227 e. The number of ether oxygens (including phenoxy) is 1. The number of nitrogens with one attached hydrogen (secondary N) is 1. The normalized spacial score (nSPS) is 13.7. The Morgan fingerprint density at radius 1 is 1.11 bits per heavy atom. The van der Waals surface area contributed by atoms with Crippen molar-refractivity contribution < 1.29 is 4.74 Å². The predicted octanol–water partition coefficient (Wildman–Crippen LogP) is 3.11. The molecule has 1 aromatic heterocycles. The van der Waals surface area contributed by atoms with Crippen LogP contribution in [0.5, 0.6) is 5.75 Å². The van der Waals surface area contributed by atoms with Crippen molar-refractivity contribution in [3.05, 3.63) is 41.7 Å². The van der Waals surface area contributed by atoms with Gasteiger partial charge in [-0.25, -0.2) is 9.97 Å².